The maximum absolute atomic E-state index is 11.8. The average Bonchev–Trinajstić information content (AvgIpc) is 2.82. The van der Waals surface area contributed by atoms with E-state index < -0.39 is 0 Å². The van der Waals surface area contributed by atoms with Crippen LogP contribution in [0.3, 0.4) is 0 Å². The number of hydrogen-bond donors (Lipinski definition) is 2. The molecule has 6 heteroatoms. The van der Waals surface area contributed by atoms with E-state index in [-0.39, 0.29) is 11.2 Å². The quantitative estimate of drug-likeness (QED) is 0.390. The fraction of sp³-hybridized carbons (Fsp3) is 0.167. The van der Waals surface area contributed by atoms with Crippen molar-refractivity contribution in [1.82, 2.24) is 10.4 Å². The van der Waals surface area contributed by atoms with Crippen molar-refractivity contribution in [3.63, 3.8) is 0 Å². The number of carbonyl (C=O) groups excluding carboxylic acids is 1. The lowest BCUT2D eigenvalue weighted by atomic mass is 10.1. The number of amides is 1. The highest BCUT2D eigenvalue weighted by Gasteiger charge is 2.22. The van der Waals surface area contributed by atoms with Crippen molar-refractivity contribution >= 4 is 29.0 Å². The number of aryl methyl sites for hydroxylation is 1. The first-order chi connectivity index (χ1) is 8.70. The number of thiazole rings is 1. The number of hydrogen-bond acceptors (Lipinski definition) is 5. The Balaban J connectivity index is 2.24. The summed E-state index contributed by atoms with van der Waals surface area (Å²) in [5.41, 5.74) is 4.08. The molecule has 1 aromatic carbocycles. The minimum absolute atomic E-state index is 0.223. The maximum atomic E-state index is 11.8. The van der Waals surface area contributed by atoms with Crippen molar-refractivity contribution in [1.29, 1.82) is 0 Å². The van der Waals surface area contributed by atoms with Gasteiger partial charge in [0.05, 0.1) is 0 Å². The number of nitrogens with two attached hydrogens (primary N) is 1. The average molecular weight is 279 g/mol. The second-order valence-electron chi connectivity index (χ2n) is 3.67. The molecular formula is C12H13N3OS2. The van der Waals surface area contributed by atoms with E-state index in [0.717, 1.165) is 15.6 Å². The van der Waals surface area contributed by atoms with Crippen LogP contribution >= 0.6 is 23.1 Å². The van der Waals surface area contributed by atoms with Gasteiger partial charge in [-0.3, -0.25) is 10.2 Å². The van der Waals surface area contributed by atoms with Crippen LogP contribution in [-0.4, -0.2) is 10.9 Å². The summed E-state index contributed by atoms with van der Waals surface area (Å²) >= 11 is 2.94. The Labute approximate surface area is 114 Å². The summed E-state index contributed by atoms with van der Waals surface area (Å²) in [5.74, 6) is 5.02. The van der Waals surface area contributed by atoms with E-state index in [2.05, 4.69) is 10.4 Å². The molecule has 0 bridgehead atoms. The van der Waals surface area contributed by atoms with Crippen LogP contribution in [0, 0.1) is 6.92 Å². The second kappa shape index (κ2) is 5.99. The summed E-state index contributed by atoms with van der Waals surface area (Å²) in [6, 6.07) is 9.54. The van der Waals surface area contributed by atoms with Crippen LogP contribution in [0.15, 0.2) is 40.1 Å². The summed E-state index contributed by atoms with van der Waals surface area (Å²) in [6.45, 7) is 1.93. The number of aromatic nitrogens is 1. The molecule has 1 heterocycles. The zero-order valence-electron chi connectivity index (χ0n) is 9.79. The highest BCUT2D eigenvalue weighted by Crippen LogP contribution is 2.36. The van der Waals surface area contributed by atoms with Gasteiger partial charge in [-0.2, -0.15) is 0 Å². The van der Waals surface area contributed by atoms with Gasteiger partial charge in [-0.15, -0.1) is 11.3 Å². The van der Waals surface area contributed by atoms with E-state index in [1.165, 1.54) is 23.1 Å². The van der Waals surface area contributed by atoms with Gasteiger partial charge >= 0.3 is 0 Å². The van der Waals surface area contributed by atoms with Crippen molar-refractivity contribution in [3.8, 4) is 0 Å². The molecular weight excluding hydrogens is 266 g/mol. The predicted octanol–water partition coefficient (Wildman–Crippen LogP) is 2.27. The normalized spacial score (nSPS) is 12.1. The number of nitrogens with one attached hydrogen (secondary N) is 1. The van der Waals surface area contributed by atoms with E-state index in [9.17, 15) is 4.79 Å². The van der Waals surface area contributed by atoms with E-state index in [1.807, 2.05) is 42.6 Å². The molecule has 1 atom stereocenters. The van der Waals surface area contributed by atoms with Gasteiger partial charge in [0.15, 0.2) is 4.34 Å². The second-order valence-corrected chi connectivity index (χ2v) is 5.88. The molecule has 0 saturated heterocycles. The highest BCUT2D eigenvalue weighted by atomic mass is 32.2. The van der Waals surface area contributed by atoms with Crippen molar-refractivity contribution in [3.05, 3.63) is 47.0 Å². The number of nitrogens with zero attached hydrogens (tertiary/aromatic N) is 1. The van der Waals surface area contributed by atoms with Crippen molar-refractivity contribution in [2.45, 2.75) is 16.5 Å². The van der Waals surface area contributed by atoms with Crippen molar-refractivity contribution < 1.29 is 4.79 Å². The first-order valence-electron chi connectivity index (χ1n) is 5.35. The zero-order chi connectivity index (χ0) is 13.0. The predicted molar refractivity (Wildman–Crippen MR) is 74.2 cm³/mol. The van der Waals surface area contributed by atoms with Crippen LogP contribution in [0.25, 0.3) is 0 Å². The summed E-state index contributed by atoms with van der Waals surface area (Å²) in [7, 11) is 0. The Hall–Kier alpha value is -1.37. The van der Waals surface area contributed by atoms with Crippen LogP contribution in [0.2, 0.25) is 0 Å². The fourth-order valence-corrected chi connectivity index (χ4v) is 3.51. The molecule has 1 aromatic heterocycles. The highest BCUT2D eigenvalue weighted by molar-refractivity contribution is 8.01. The van der Waals surface area contributed by atoms with Gasteiger partial charge in [-0.05, 0) is 12.5 Å². The first kappa shape index (κ1) is 13.1. The molecule has 0 aliphatic carbocycles. The van der Waals surface area contributed by atoms with Crippen LogP contribution < -0.4 is 11.3 Å². The molecule has 2 rings (SSSR count). The van der Waals surface area contributed by atoms with Crippen LogP contribution in [0.1, 0.15) is 16.5 Å². The third kappa shape index (κ3) is 3.10. The van der Waals surface area contributed by atoms with E-state index >= 15 is 0 Å². The number of hydrazine groups is 1. The third-order valence-corrected chi connectivity index (χ3v) is 4.64. The molecule has 18 heavy (non-hydrogen) atoms. The minimum atomic E-state index is -0.373. The summed E-state index contributed by atoms with van der Waals surface area (Å²) < 4.78 is 0.866. The van der Waals surface area contributed by atoms with Gasteiger partial charge < -0.3 is 0 Å². The van der Waals surface area contributed by atoms with E-state index in [1.54, 1.807) is 0 Å². The van der Waals surface area contributed by atoms with E-state index in [4.69, 9.17) is 5.84 Å². The van der Waals surface area contributed by atoms with Crippen molar-refractivity contribution in [2.75, 3.05) is 0 Å². The zero-order valence-corrected chi connectivity index (χ0v) is 11.4. The standard InChI is InChI=1S/C12H13N3OS2/c1-8-7-17-12(14-8)18-10(11(16)15-13)9-5-3-2-4-6-9/h2-7,10H,13H2,1H3,(H,15,16). The molecule has 0 radical (unpaired) electrons. The molecule has 1 unspecified atom stereocenters. The molecule has 94 valence electrons. The molecule has 1 amide bonds. The maximum Gasteiger partial charge on any atom is 0.251 e. The molecule has 0 aliphatic rings. The lowest BCUT2D eigenvalue weighted by Crippen LogP contribution is -2.33. The topological polar surface area (TPSA) is 68.0 Å². The van der Waals surface area contributed by atoms with Gasteiger partial charge in [-0.1, -0.05) is 42.1 Å². The fourth-order valence-electron chi connectivity index (χ4n) is 1.46. The Morgan fingerprint density at radius 3 is 2.72 bits per heavy atom. The smallest absolute Gasteiger partial charge is 0.251 e. The first-order valence-corrected chi connectivity index (χ1v) is 7.11. The lowest BCUT2D eigenvalue weighted by Gasteiger charge is -2.13. The molecule has 0 saturated carbocycles. The van der Waals surface area contributed by atoms with Gasteiger partial charge in [0, 0.05) is 11.1 Å². The third-order valence-electron chi connectivity index (χ3n) is 2.30. The number of rotatable bonds is 4. The summed E-state index contributed by atoms with van der Waals surface area (Å²) in [5, 5.41) is 1.59. The molecule has 0 fully saturated rings. The Morgan fingerprint density at radius 2 is 2.17 bits per heavy atom. The van der Waals surface area contributed by atoms with Crippen LogP contribution in [-0.2, 0) is 4.79 Å². The molecule has 3 N–H and O–H groups in total. The van der Waals surface area contributed by atoms with Gasteiger partial charge in [0.25, 0.3) is 5.91 Å². The molecule has 0 aliphatic heterocycles. The SMILES string of the molecule is Cc1csc(SC(C(=O)NN)c2ccccc2)n1. The Kier molecular flexibility index (Phi) is 4.35. The van der Waals surface area contributed by atoms with Gasteiger partial charge in [0.1, 0.15) is 5.25 Å². The molecule has 2 aromatic rings. The van der Waals surface area contributed by atoms with Crippen LogP contribution in [0.5, 0.6) is 0 Å². The minimum Gasteiger partial charge on any atom is -0.293 e. The number of benzene rings is 1. The summed E-state index contributed by atoms with van der Waals surface area (Å²) in [4.78, 5) is 16.2. The Morgan fingerprint density at radius 1 is 1.44 bits per heavy atom. The molecule has 4 nitrogen and oxygen atoms in total. The number of thioether (sulfide) groups is 1. The molecule has 0 spiro atoms. The largest absolute Gasteiger partial charge is 0.293 e. The summed E-state index contributed by atoms with van der Waals surface area (Å²) in [6.07, 6.45) is 0. The van der Waals surface area contributed by atoms with Crippen molar-refractivity contribution in [2.24, 2.45) is 5.84 Å². The van der Waals surface area contributed by atoms with Gasteiger partial charge in [-0.25, -0.2) is 10.8 Å². The van der Waals surface area contributed by atoms with Crippen LogP contribution in [0.4, 0.5) is 0 Å². The monoisotopic (exact) mass is 279 g/mol. The lowest BCUT2D eigenvalue weighted by molar-refractivity contribution is -0.120. The Bertz CT molecular complexity index is 527. The van der Waals surface area contributed by atoms with Gasteiger partial charge in [0.2, 0.25) is 0 Å². The number of carbonyl (C=O) groups is 1. The van der Waals surface area contributed by atoms with E-state index in [0.29, 0.717) is 0 Å².